The Morgan fingerprint density at radius 3 is 2.23 bits per heavy atom. The van der Waals surface area contributed by atoms with E-state index in [0.717, 1.165) is 11.3 Å². The molecule has 2 aromatic rings. The van der Waals surface area contributed by atoms with Gasteiger partial charge in [-0.25, -0.2) is 4.79 Å². The van der Waals surface area contributed by atoms with Gasteiger partial charge in [-0.1, -0.05) is 36.4 Å². The Balaban J connectivity index is 1.88. The molecule has 0 heterocycles. The third-order valence-corrected chi connectivity index (χ3v) is 5.26. The normalized spacial score (nSPS) is 20.2. The maximum absolute atomic E-state index is 12.8. The lowest BCUT2D eigenvalue weighted by atomic mass is 9.93. The molecular formula is C25H29NO5. The summed E-state index contributed by atoms with van der Waals surface area (Å²) in [4.78, 5) is 27.0. The van der Waals surface area contributed by atoms with Crippen LogP contribution in [0, 0.1) is 5.92 Å². The van der Waals surface area contributed by atoms with Crippen LogP contribution in [0.1, 0.15) is 32.8 Å². The number of amides is 1. The van der Waals surface area contributed by atoms with E-state index in [0.29, 0.717) is 12.1 Å². The third kappa shape index (κ3) is 4.90. The Labute approximate surface area is 183 Å². The van der Waals surface area contributed by atoms with Gasteiger partial charge in [-0.05, 0) is 57.0 Å². The van der Waals surface area contributed by atoms with Crippen molar-refractivity contribution in [3.63, 3.8) is 0 Å². The van der Waals surface area contributed by atoms with Gasteiger partial charge in [0.05, 0.1) is 25.3 Å². The molecule has 1 saturated carbocycles. The van der Waals surface area contributed by atoms with E-state index in [1.807, 2.05) is 81.4 Å². The fourth-order valence-electron chi connectivity index (χ4n) is 3.62. The van der Waals surface area contributed by atoms with Crippen molar-refractivity contribution in [2.75, 3.05) is 19.1 Å². The lowest BCUT2D eigenvalue weighted by Gasteiger charge is -2.25. The van der Waals surface area contributed by atoms with Crippen molar-refractivity contribution >= 4 is 17.7 Å². The topological polar surface area (TPSA) is 65.1 Å². The van der Waals surface area contributed by atoms with E-state index in [1.54, 1.807) is 13.3 Å². The molecule has 6 nitrogen and oxygen atoms in total. The van der Waals surface area contributed by atoms with Crippen LogP contribution >= 0.6 is 0 Å². The van der Waals surface area contributed by atoms with Crippen molar-refractivity contribution in [3.05, 3.63) is 72.4 Å². The van der Waals surface area contributed by atoms with Crippen LogP contribution in [0.25, 0.3) is 0 Å². The summed E-state index contributed by atoms with van der Waals surface area (Å²) in [6.45, 7) is 5.47. The molecule has 0 N–H and O–H groups in total. The molecule has 1 amide bonds. The van der Waals surface area contributed by atoms with Crippen LogP contribution < -0.4 is 9.64 Å². The van der Waals surface area contributed by atoms with Gasteiger partial charge < -0.3 is 14.2 Å². The first kappa shape index (κ1) is 22.4. The first-order chi connectivity index (χ1) is 14.7. The van der Waals surface area contributed by atoms with Crippen molar-refractivity contribution in [1.29, 1.82) is 0 Å². The molecule has 1 aliphatic rings. The minimum Gasteiger partial charge on any atom is -0.497 e. The summed E-state index contributed by atoms with van der Waals surface area (Å²) in [5, 5.41) is 0. The summed E-state index contributed by atoms with van der Waals surface area (Å²) in [5.74, 6) is 0.314. The summed E-state index contributed by atoms with van der Waals surface area (Å²) >= 11 is 0. The van der Waals surface area contributed by atoms with Crippen LogP contribution in [0.15, 0.2) is 66.9 Å². The summed E-state index contributed by atoms with van der Waals surface area (Å²) < 4.78 is 15.9. The number of para-hydroxylation sites is 1. The van der Waals surface area contributed by atoms with E-state index in [-0.39, 0.29) is 11.9 Å². The third-order valence-electron chi connectivity index (χ3n) is 5.26. The highest BCUT2D eigenvalue weighted by Gasteiger charge is 2.61. The van der Waals surface area contributed by atoms with Gasteiger partial charge in [0.2, 0.25) is 0 Å². The van der Waals surface area contributed by atoms with Crippen molar-refractivity contribution in [2.24, 2.45) is 5.92 Å². The highest BCUT2D eigenvalue weighted by Crippen LogP contribution is 2.56. The van der Waals surface area contributed by atoms with E-state index >= 15 is 0 Å². The number of rotatable bonds is 6. The molecule has 31 heavy (non-hydrogen) atoms. The Bertz CT molecular complexity index is 946. The number of ether oxygens (including phenoxy) is 3. The van der Waals surface area contributed by atoms with Gasteiger partial charge in [0.25, 0.3) is 0 Å². The molecule has 3 rings (SSSR count). The predicted octanol–water partition coefficient (Wildman–Crippen LogP) is 5.08. The molecule has 1 aliphatic carbocycles. The molecular weight excluding hydrogens is 394 g/mol. The van der Waals surface area contributed by atoms with Crippen LogP contribution in [0.3, 0.4) is 0 Å². The number of benzene rings is 2. The number of esters is 1. The monoisotopic (exact) mass is 423 g/mol. The van der Waals surface area contributed by atoms with Gasteiger partial charge in [0.15, 0.2) is 0 Å². The zero-order valence-corrected chi connectivity index (χ0v) is 18.6. The van der Waals surface area contributed by atoms with Crippen LogP contribution in [0.4, 0.5) is 10.5 Å². The summed E-state index contributed by atoms with van der Waals surface area (Å²) in [7, 11) is 2.99. The first-order valence-corrected chi connectivity index (χ1v) is 10.2. The molecule has 0 unspecified atom stereocenters. The maximum atomic E-state index is 12.8. The predicted molar refractivity (Wildman–Crippen MR) is 119 cm³/mol. The first-order valence-electron chi connectivity index (χ1n) is 10.2. The Kier molecular flexibility index (Phi) is 6.39. The number of methoxy groups -OCH3 is 2. The van der Waals surface area contributed by atoms with Gasteiger partial charge >= 0.3 is 12.1 Å². The number of hydrogen-bond acceptors (Lipinski definition) is 5. The minimum atomic E-state index is -0.770. The van der Waals surface area contributed by atoms with Gasteiger partial charge in [-0.15, -0.1) is 0 Å². The molecule has 6 heteroatoms. The maximum Gasteiger partial charge on any atom is 0.418 e. The van der Waals surface area contributed by atoms with Gasteiger partial charge in [0, 0.05) is 12.1 Å². The number of nitrogens with zero attached hydrogens (tertiary/aromatic N) is 1. The molecule has 0 saturated heterocycles. The second-order valence-electron chi connectivity index (χ2n) is 8.53. The molecule has 164 valence electrons. The highest BCUT2D eigenvalue weighted by atomic mass is 16.6. The van der Waals surface area contributed by atoms with E-state index in [9.17, 15) is 9.59 Å². The van der Waals surface area contributed by atoms with Crippen molar-refractivity contribution in [2.45, 2.75) is 38.2 Å². The zero-order valence-electron chi connectivity index (χ0n) is 18.6. The second-order valence-corrected chi connectivity index (χ2v) is 8.53. The molecule has 0 radical (unpaired) electrons. The minimum absolute atomic E-state index is 0.109. The summed E-state index contributed by atoms with van der Waals surface area (Å²) in [6.07, 6.45) is 3.67. The highest BCUT2D eigenvalue weighted by molar-refractivity contribution is 5.91. The van der Waals surface area contributed by atoms with Crippen molar-refractivity contribution in [1.82, 2.24) is 0 Å². The van der Waals surface area contributed by atoms with Crippen LogP contribution in [-0.2, 0) is 19.7 Å². The summed E-state index contributed by atoms with van der Waals surface area (Å²) in [5.41, 5.74) is 0.143. The van der Waals surface area contributed by atoms with Crippen LogP contribution in [0.5, 0.6) is 5.75 Å². The molecule has 2 atom stereocenters. The van der Waals surface area contributed by atoms with E-state index in [2.05, 4.69) is 0 Å². The van der Waals surface area contributed by atoms with Crippen molar-refractivity contribution < 1.29 is 23.8 Å². The van der Waals surface area contributed by atoms with Crippen LogP contribution in [0.2, 0.25) is 0 Å². The Morgan fingerprint density at radius 2 is 1.68 bits per heavy atom. The average molecular weight is 424 g/mol. The molecule has 0 spiro atoms. The number of anilines is 1. The number of carbonyl (C=O) groups is 2. The molecule has 0 aliphatic heterocycles. The van der Waals surface area contributed by atoms with Crippen molar-refractivity contribution in [3.8, 4) is 5.75 Å². The number of carbonyl (C=O) groups excluding carboxylic acids is 2. The number of allylic oxidation sites excluding steroid dienone is 1. The van der Waals surface area contributed by atoms with Gasteiger partial charge in [-0.2, -0.15) is 0 Å². The van der Waals surface area contributed by atoms with E-state index < -0.39 is 17.1 Å². The second kappa shape index (κ2) is 8.84. The van der Waals surface area contributed by atoms with E-state index in [1.165, 1.54) is 12.0 Å². The summed E-state index contributed by atoms with van der Waals surface area (Å²) in [6, 6.07) is 16.7. The van der Waals surface area contributed by atoms with Gasteiger partial charge in [0.1, 0.15) is 11.4 Å². The van der Waals surface area contributed by atoms with Gasteiger partial charge in [-0.3, -0.25) is 9.69 Å². The fourth-order valence-corrected chi connectivity index (χ4v) is 3.62. The number of hydrogen-bond donors (Lipinski definition) is 0. The lowest BCUT2D eigenvalue weighted by molar-refractivity contribution is -0.144. The molecule has 0 bridgehead atoms. The molecule has 0 aromatic heterocycles. The smallest absolute Gasteiger partial charge is 0.418 e. The zero-order chi connectivity index (χ0) is 22.6. The standard InChI is InChI=1S/C25H29NO5/c1-24(2,3)31-23(28)26(20-9-7-6-8-10-20)16-15-19-17-25(19,22(27)30-5)18-11-13-21(29-4)14-12-18/h6-16,19H,17H2,1-5H3/b16-15+/t19-,25+/m0/s1. The molecule has 2 aromatic carbocycles. The quantitative estimate of drug-likeness (QED) is 0.606. The largest absolute Gasteiger partial charge is 0.497 e. The SMILES string of the molecule is COC(=O)[C@@]1(c2ccc(OC)cc2)C[C@@H]1/C=C/N(C(=O)OC(C)(C)C)c1ccccc1. The fraction of sp³-hybridized carbons (Fsp3) is 0.360. The average Bonchev–Trinajstić information content (AvgIpc) is 3.48. The van der Waals surface area contributed by atoms with Crippen LogP contribution in [-0.4, -0.2) is 31.9 Å². The van der Waals surface area contributed by atoms with E-state index in [4.69, 9.17) is 14.2 Å². The lowest BCUT2D eigenvalue weighted by Crippen LogP contribution is -2.33. The molecule has 1 fully saturated rings. The Hall–Kier alpha value is -3.28. The Morgan fingerprint density at radius 1 is 1.03 bits per heavy atom.